The molecule has 1 fully saturated rings. The lowest BCUT2D eigenvalue weighted by atomic mass is 9.98. The smallest absolute Gasteiger partial charge is 0.277 e. The fourth-order valence-corrected chi connectivity index (χ4v) is 4.69. The minimum atomic E-state index is -2.28. The Kier molecular flexibility index (Phi) is 7.16. The third-order valence-electron chi connectivity index (χ3n) is 6.51. The molecular weight excluding hydrogens is 468 g/mol. The summed E-state index contributed by atoms with van der Waals surface area (Å²) < 4.78 is 27.0. The number of benzodiazepines with no additional fused rings is 1. The highest BCUT2D eigenvalue weighted by atomic mass is 19.1. The van der Waals surface area contributed by atoms with Crippen molar-refractivity contribution >= 4 is 29.1 Å². The molecule has 10 heteroatoms. The van der Waals surface area contributed by atoms with Crippen LogP contribution in [0.3, 0.4) is 0 Å². The number of nitrogens with two attached hydrogens (primary N) is 1. The third-order valence-corrected chi connectivity index (χ3v) is 6.51. The van der Waals surface area contributed by atoms with Crippen LogP contribution in [0, 0.1) is 11.6 Å². The molecule has 0 spiro atoms. The van der Waals surface area contributed by atoms with E-state index in [2.05, 4.69) is 10.3 Å². The molecule has 1 unspecified atom stereocenters. The van der Waals surface area contributed by atoms with Gasteiger partial charge in [-0.2, -0.15) is 0 Å². The van der Waals surface area contributed by atoms with Gasteiger partial charge >= 0.3 is 0 Å². The zero-order chi connectivity index (χ0) is 26.0. The summed E-state index contributed by atoms with van der Waals surface area (Å²) in [5.41, 5.74) is 5.58. The number of aliphatic imine (C=N–C) groups is 1. The molecule has 2 atom stereocenters. The maximum absolute atomic E-state index is 13.6. The SMILES string of the molecule is C[C@H](NC(=O)Cc1cc(F)cc(F)c1)C(=O)C1(N)N=C(N2CCCCC2)c2ccccc2N(C)C1=O. The van der Waals surface area contributed by atoms with Gasteiger partial charge < -0.3 is 15.1 Å². The summed E-state index contributed by atoms with van der Waals surface area (Å²) in [6, 6.07) is 8.82. The van der Waals surface area contributed by atoms with E-state index in [0.717, 1.165) is 31.4 Å². The number of piperidine rings is 1. The van der Waals surface area contributed by atoms with Crippen LogP contribution in [-0.2, 0) is 20.8 Å². The molecule has 2 aliphatic heterocycles. The number of anilines is 1. The van der Waals surface area contributed by atoms with Crippen molar-refractivity contribution in [3.63, 3.8) is 0 Å². The number of amides is 2. The van der Waals surface area contributed by atoms with Crippen molar-refractivity contribution in [2.45, 2.75) is 44.3 Å². The highest BCUT2D eigenvalue weighted by Gasteiger charge is 2.49. The average molecular weight is 498 g/mol. The van der Waals surface area contributed by atoms with E-state index in [0.29, 0.717) is 36.2 Å². The Bertz CT molecular complexity index is 1210. The van der Waals surface area contributed by atoms with Gasteiger partial charge in [0.25, 0.3) is 11.6 Å². The molecule has 2 heterocycles. The molecule has 190 valence electrons. The zero-order valence-electron chi connectivity index (χ0n) is 20.3. The normalized spacial score (nSPS) is 20.8. The second kappa shape index (κ2) is 10.1. The number of rotatable bonds is 5. The van der Waals surface area contributed by atoms with Gasteiger partial charge in [-0.3, -0.25) is 20.1 Å². The Morgan fingerprint density at radius 3 is 2.42 bits per heavy atom. The summed E-state index contributed by atoms with van der Waals surface area (Å²) in [5, 5.41) is 2.49. The molecule has 8 nitrogen and oxygen atoms in total. The van der Waals surface area contributed by atoms with E-state index in [1.165, 1.54) is 18.9 Å². The number of likely N-dealkylation sites (tertiary alicyclic amines) is 1. The van der Waals surface area contributed by atoms with Crippen LogP contribution in [-0.4, -0.2) is 60.2 Å². The summed E-state index contributed by atoms with van der Waals surface area (Å²) in [7, 11) is 1.53. The number of para-hydroxylation sites is 1. The standard InChI is InChI=1S/C26H29F2N5O3/c1-16(30-22(34)14-17-12-18(27)15-19(28)13-17)23(35)26(29)25(36)32(2)21-9-5-4-8-20(21)24(31-26)33-10-6-3-7-11-33/h4-5,8-9,12-13,15-16H,3,6-7,10-11,14,29H2,1-2H3,(H,30,34)/t16-,26?/m0/s1. The maximum atomic E-state index is 13.6. The topological polar surface area (TPSA) is 108 Å². The van der Waals surface area contributed by atoms with E-state index in [9.17, 15) is 23.2 Å². The molecule has 1 saturated heterocycles. The molecule has 4 rings (SSSR count). The number of benzene rings is 2. The molecule has 36 heavy (non-hydrogen) atoms. The molecule has 2 aliphatic rings. The highest BCUT2D eigenvalue weighted by molar-refractivity contribution is 6.22. The van der Waals surface area contributed by atoms with Gasteiger partial charge in [-0.25, -0.2) is 13.8 Å². The molecule has 0 radical (unpaired) electrons. The van der Waals surface area contributed by atoms with Crippen LogP contribution in [0.1, 0.15) is 37.3 Å². The number of nitrogens with one attached hydrogen (secondary N) is 1. The van der Waals surface area contributed by atoms with E-state index < -0.39 is 40.9 Å². The first-order chi connectivity index (χ1) is 17.1. The molecule has 0 aromatic heterocycles. The largest absolute Gasteiger partial charge is 0.356 e. The van der Waals surface area contributed by atoms with Gasteiger partial charge in [-0.05, 0) is 56.0 Å². The quantitative estimate of drug-likeness (QED) is 0.616. The number of Topliss-reactive ketones (excluding diaryl/α,β-unsaturated/α-hetero) is 1. The van der Waals surface area contributed by atoms with Crippen molar-refractivity contribution in [2.24, 2.45) is 10.7 Å². The number of ketones is 1. The van der Waals surface area contributed by atoms with E-state index in [4.69, 9.17) is 5.73 Å². The predicted molar refractivity (Wildman–Crippen MR) is 131 cm³/mol. The van der Waals surface area contributed by atoms with Crippen LogP contribution in [0.5, 0.6) is 0 Å². The highest BCUT2D eigenvalue weighted by Crippen LogP contribution is 2.30. The average Bonchev–Trinajstić information content (AvgIpc) is 2.93. The number of nitrogens with zero attached hydrogens (tertiary/aromatic N) is 3. The van der Waals surface area contributed by atoms with Gasteiger partial charge in [-0.1, -0.05) is 12.1 Å². The number of hydrogen-bond acceptors (Lipinski definition) is 6. The van der Waals surface area contributed by atoms with Crippen molar-refractivity contribution in [1.82, 2.24) is 10.2 Å². The van der Waals surface area contributed by atoms with Crippen LogP contribution in [0.25, 0.3) is 0 Å². The van der Waals surface area contributed by atoms with Crippen LogP contribution >= 0.6 is 0 Å². The van der Waals surface area contributed by atoms with Crippen molar-refractivity contribution in [2.75, 3.05) is 25.0 Å². The summed E-state index contributed by atoms with van der Waals surface area (Å²) >= 11 is 0. The summed E-state index contributed by atoms with van der Waals surface area (Å²) in [5.74, 6) is -3.32. The first-order valence-electron chi connectivity index (χ1n) is 11.9. The number of carbonyl (C=O) groups excluding carboxylic acids is 3. The van der Waals surface area contributed by atoms with Crippen molar-refractivity contribution in [1.29, 1.82) is 0 Å². The van der Waals surface area contributed by atoms with Crippen LogP contribution in [0.15, 0.2) is 47.5 Å². The Morgan fingerprint density at radius 2 is 1.75 bits per heavy atom. The van der Waals surface area contributed by atoms with E-state index >= 15 is 0 Å². The fraction of sp³-hybridized carbons (Fsp3) is 0.385. The molecule has 2 aromatic carbocycles. The Hall–Kier alpha value is -3.66. The minimum absolute atomic E-state index is 0.109. The first-order valence-corrected chi connectivity index (χ1v) is 11.9. The number of amidine groups is 1. The molecule has 2 amide bonds. The number of halogens is 2. The van der Waals surface area contributed by atoms with Gasteiger partial charge in [0.2, 0.25) is 11.7 Å². The number of likely N-dealkylation sites (N-methyl/N-ethyl adjacent to an activating group) is 1. The van der Waals surface area contributed by atoms with Gasteiger partial charge in [0, 0.05) is 31.8 Å². The number of hydrogen-bond donors (Lipinski definition) is 2. The lowest BCUT2D eigenvalue weighted by Gasteiger charge is -2.32. The van der Waals surface area contributed by atoms with Gasteiger partial charge in [-0.15, -0.1) is 0 Å². The molecule has 0 bridgehead atoms. The lowest BCUT2D eigenvalue weighted by molar-refractivity contribution is -0.136. The van der Waals surface area contributed by atoms with Gasteiger partial charge in [0.15, 0.2) is 0 Å². The van der Waals surface area contributed by atoms with E-state index in [1.807, 2.05) is 17.0 Å². The monoisotopic (exact) mass is 497 g/mol. The van der Waals surface area contributed by atoms with Crippen molar-refractivity contribution in [3.05, 3.63) is 65.2 Å². The Balaban J connectivity index is 1.63. The first kappa shape index (κ1) is 25.4. The predicted octanol–water partition coefficient (Wildman–Crippen LogP) is 2.15. The summed E-state index contributed by atoms with van der Waals surface area (Å²) in [6.45, 7) is 2.83. The summed E-state index contributed by atoms with van der Waals surface area (Å²) in [6.07, 6.45) is 2.62. The van der Waals surface area contributed by atoms with Gasteiger partial charge in [0.05, 0.1) is 18.2 Å². The molecule has 0 aliphatic carbocycles. The van der Waals surface area contributed by atoms with E-state index in [1.54, 1.807) is 12.1 Å². The lowest BCUT2D eigenvalue weighted by Crippen LogP contribution is -2.63. The Labute approximate surface area is 208 Å². The van der Waals surface area contributed by atoms with Crippen molar-refractivity contribution < 1.29 is 23.2 Å². The molecule has 2 aromatic rings. The second-order valence-corrected chi connectivity index (χ2v) is 9.24. The van der Waals surface area contributed by atoms with Crippen LogP contribution in [0.2, 0.25) is 0 Å². The maximum Gasteiger partial charge on any atom is 0.277 e. The molecule has 3 N–H and O–H groups in total. The van der Waals surface area contributed by atoms with E-state index in [-0.39, 0.29) is 12.0 Å². The third kappa shape index (κ3) is 4.99. The fourth-order valence-electron chi connectivity index (χ4n) is 4.69. The number of fused-ring (bicyclic) bond motifs is 1. The summed E-state index contributed by atoms with van der Waals surface area (Å²) in [4.78, 5) is 47.6. The molecular formula is C26H29F2N5O3. The van der Waals surface area contributed by atoms with Crippen LogP contribution in [0.4, 0.5) is 14.5 Å². The molecule has 0 saturated carbocycles. The van der Waals surface area contributed by atoms with Crippen LogP contribution < -0.4 is 16.0 Å². The van der Waals surface area contributed by atoms with Gasteiger partial charge in [0.1, 0.15) is 17.5 Å². The van der Waals surface area contributed by atoms with Crippen molar-refractivity contribution in [3.8, 4) is 0 Å². The Morgan fingerprint density at radius 1 is 1.11 bits per heavy atom. The zero-order valence-corrected chi connectivity index (χ0v) is 20.3. The number of carbonyl (C=O) groups is 3. The second-order valence-electron chi connectivity index (χ2n) is 9.24. The minimum Gasteiger partial charge on any atom is -0.356 e.